The molecule has 0 atom stereocenters. The van der Waals surface area contributed by atoms with Gasteiger partial charge in [-0.25, -0.2) is 4.79 Å². The molecule has 0 bridgehead atoms. The van der Waals surface area contributed by atoms with E-state index >= 15 is 0 Å². The second-order valence-electron chi connectivity index (χ2n) is 7.27. The van der Waals surface area contributed by atoms with Crippen LogP contribution in [-0.2, 0) is 9.48 Å². The van der Waals surface area contributed by atoms with Crippen LogP contribution in [-0.4, -0.2) is 18.3 Å². The first kappa shape index (κ1) is 22.6. The Balaban J connectivity index is 1.62. The maximum Gasteiger partial charge on any atom is 0.338 e. The number of carbonyl (C=O) groups is 1. The van der Waals surface area contributed by atoms with Crippen molar-refractivity contribution in [3.05, 3.63) is 141 Å². The van der Waals surface area contributed by atoms with Gasteiger partial charge in [-0.05, 0) is 57.5 Å². The Morgan fingerprint density at radius 1 is 0.719 bits per heavy atom. The topological polar surface area (TPSA) is 26.3 Å². The fourth-order valence-corrected chi connectivity index (χ4v) is 5.72. The molecule has 4 aromatic carbocycles. The van der Waals surface area contributed by atoms with E-state index in [1.54, 1.807) is 17.8 Å². The molecule has 4 aromatic rings. The molecule has 0 aliphatic carbocycles. The third kappa shape index (κ3) is 5.08. The lowest BCUT2D eigenvalue weighted by Gasteiger charge is -2.35. The Morgan fingerprint density at radius 2 is 1.22 bits per heavy atom. The minimum Gasteiger partial charge on any atom is -0.461 e. The lowest BCUT2D eigenvalue weighted by atomic mass is 9.84. The highest BCUT2D eigenvalue weighted by Gasteiger charge is 2.36. The van der Waals surface area contributed by atoms with Crippen LogP contribution in [0.15, 0.2) is 115 Å². The van der Waals surface area contributed by atoms with E-state index in [1.807, 2.05) is 36.4 Å². The van der Waals surface area contributed by atoms with Crippen molar-refractivity contribution in [2.24, 2.45) is 0 Å². The molecule has 0 unspecified atom stereocenters. The fraction of sp³-hybridized carbons (Fsp3) is 0.107. The van der Waals surface area contributed by atoms with E-state index in [2.05, 4.69) is 95.4 Å². The molecule has 0 aliphatic rings. The normalized spacial score (nSPS) is 11.2. The monoisotopic (exact) mass is 550 g/mol. The Labute approximate surface area is 207 Å². The summed E-state index contributed by atoms with van der Waals surface area (Å²) >= 11 is 3.99. The molecule has 0 N–H and O–H groups in total. The smallest absolute Gasteiger partial charge is 0.338 e. The fourth-order valence-electron chi connectivity index (χ4n) is 3.80. The first-order valence-electron chi connectivity index (χ1n) is 10.4. The van der Waals surface area contributed by atoms with Crippen molar-refractivity contribution in [3.8, 4) is 0 Å². The third-order valence-electron chi connectivity index (χ3n) is 5.24. The van der Waals surface area contributed by atoms with Crippen molar-refractivity contribution < 1.29 is 9.53 Å². The summed E-state index contributed by atoms with van der Waals surface area (Å²) in [5.74, 6) is 0.378. The quantitative estimate of drug-likeness (QED) is 0.101. The lowest BCUT2D eigenvalue weighted by Crippen LogP contribution is -2.27. The van der Waals surface area contributed by atoms with Crippen molar-refractivity contribution in [1.82, 2.24) is 0 Å². The summed E-state index contributed by atoms with van der Waals surface area (Å²) in [5, 5.41) is 0. The SMILES string of the molecule is O=C(OCCSC(c1ccccc1)(c1ccccc1)c1ccccc1)c1cccc(I)c1. The van der Waals surface area contributed by atoms with Crippen LogP contribution in [0, 0.1) is 3.57 Å². The van der Waals surface area contributed by atoms with E-state index in [0.29, 0.717) is 17.9 Å². The number of benzene rings is 4. The summed E-state index contributed by atoms with van der Waals surface area (Å²) in [4.78, 5) is 12.5. The average molecular weight is 550 g/mol. The number of esters is 1. The molecule has 0 spiro atoms. The van der Waals surface area contributed by atoms with Crippen LogP contribution in [0.5, 0.6) is 0 Å². The van der Waals surface area contributed by atoms with Gasteiger partial charge in [0.15, 0.2) is 0 Å². The molecule has 0 heterocycles. The molecule has 32 heavy (non-hydrogen) atoms. The lowest BCUT2D eigenvalue weighted by molar-refractivity contribution is 0.0530. The van der Waals surface area contributed by atoms with Gasteiger partial charge < -0.3 is 4.74 Å². The summed E-state index contributed by atoms with van der Waals surface area (Å²) in [6.07, 6.45) is 0. The maximum absolute atomic E-state index is 12.5. The van der Waals surface area contributed by atoms with Gasteiger partial charge in [-0.15, -0.1) is 11.8 Å². The van der Waals surface area contributed by atoms with Gasteiger partial charge in [0.05, 0.1) is 10.3 Å². The van der Waals surface area contributed by atoms with Crippen LogP contribution in [0.3, 0.4) is 0 Å². The van der Waals surface area contributed by atoms with E-state index in [0.717, 1.165) is 3.57 Å². The van der Waals surface area contributed by atoms with Crippen LogP contribution in [0.4, 0.5) is 0 Å². The van der Waals surface area contributed by atoms with Crippen LogP contribution < -0.4 is 0 Å². The van der Waals surface area contributed by atoms with Gasteiger partial charge in [-0.2, -0.15) is 0 Å². The highest BCUT2D eigenvalue weighted by Crippen LogP contribution is 2.48. The largest absolute Gasteiger partial charge is 0.461 e. The average Bonchev–Trinajstić information content (AvgIpc) is 2.86. The minimum atomic E-state index is -0.404. The van der Waals surface area contributed by atoms with E-state index < -0.39 is 4.75 Å². The zero-order valence-corrected chi connectivity index (χ0v) is 20.5. The van der Waals surface area contributed by atoms with Crippen molar-refractivity contribution in [3.63, 3.8) is 0 Å². The molecule has 2 nitrogen and oxygen atoms in total. The van der Waals surface area contributed by atoms with Gasteiger partial charge in [0.25, 0.3) is 0 Å². The summed E-state index contributed by atoms with van der Waals surface area (Å²) in [7, 11) is 0. The predicted octanol–water partition coefficient (Wildman–Crippen LogP) is 7.17. The summed E-state index contributed by atoms with van der Waals surface area (Å²) in [6.45, 7) is 0.337. The van der Waals surface area contributed by atoms with Crippen molar-refractivity contribution in [2.45, 2.75) is 4.75 Å². The third-order valence-corrected chi connectivity index (χ3v) is 7.42. The van der Waals surface area contributed by atoms with E-state index in [-0.39, 0.29) is 5.97 Å². The molecule has 160 valence electrons. The number of halogens is 1. The number of hydrogen-bond donors (Lipinski definition) is 0. The van der Waals surface area contributed by atoms with Gasteiger partial charge in [0.1, 0.15) is 6.61 Å². The molecule has 0 amide bonds. The molecule has 0 fully saturated rings. The number of rotatable bonds is 8. The highest BCUT2D eigenvalue weighted by atomic mass is 127. The minimum absolute atomic E-state index is 0.283. The van der Waals surface area contributed by atoms with Gasteiger partial charge in [-0.1, -0.05) is 97.1 Å². The van der Waals surface area contributed by atoms with Crippen molar-refractivity contribution in [1.29, 1.82) is 0 Å². The van der Waals surface area contributed by atoms with Gasteiger partial charge in [-0.3, -0.25) is 0 Å². The summed E-state index contributed by atoms with van der Waals surface area (Å²) in [6, 6.07) is 39.1. The van der Waals surface area contributed by atoms with E-state index in [1.165, 1.54) is 16.7 Å². The number of carbonyl (C=O) groups excluding carboxylic acids is 1. The van der Waals surface area contributed by atoms with Crippen LogP contribution in [0.2, 0.25) is 0 Å². The van der Waals surface area contributed by atoms with Gasteiger partial charge in [0.2, 0.25) is 0 Å². The second-order valence-corrected chi connectivity index (χ2v) is 9.83. The van der Waals surface area contributed by atoms with Gasteiger partial charge in [0, 0.05) is 9.32 Å². The van der Waals surface area contributed by atoms with Gasteiger partial charge >= 0.3 is 5.97 Å². The zero-order chi connectivity index (χ0) is 22.2. The van der Waals surface area contributed by atoms with Crippen LogP contribution in [0.1, 0.15) is 27.0 Å². The van der Waals surface area contributed by atoms with Crippen molar-refractivity contribution >= 4 is 40.3 Å². The second kappa shape index (κ2) is 10.8. The molecular formula is C28H23IO2S. The van der Waals surface area contributed by atoms with E-state index in [4.69, 9.17) is 4.74 Å². The Hall–Kier alpha value is -2.57. The first-order valence-corrected chi connectivity index (χ1v) is 12.5. The Kier molecular flexibility index (Phi) is 7.66. The van der Waals surface area contributed by atoms with E-state index in [9.17, 15) is 4.79 Å². The number of hydrogen-bond acceptors (Lipinski definition) is 3. The standard InChI is InChI=1S/C28H23IO2S/c29-26-18-10-11-22(21-26)27(30)31-19-20-32-28(23-12-4-1-5-13-23,24-14-6-2-7-15-24)25-16-8-3-9-17-25/h1-18,21H,19-20H2. The summed E-state index contributed by atoms with van der Waals surface area (Å²) < 4.78 is 6.23. The molecule has 0 saturated carbocycles. The maximum atomic E-state index is 12.5. The molecule has 0 radical (unpaired) electrons. The number of ether oxygens (including phenoxy) is 1. The summed E-state index contributed by atoms with van der Waals surface area (Å²) in [5.41, 5.74) is 4.19. The molecule has 0 aliphatic heterocycles. The molecule has 4 rings (SSSR count). The molecule has 0 aromatic heterocycles. The molecular weight excluding hydrogens is 527 g/mol. The highest BCUT2D eigenvalue weighted by molar-refractivity contribution is 14.1. The zero-order valence-electron chi connectivity index (χ0n) is 17.5. The van der Waals surface area contributed by atoms with Crippen LogP contribution >= 0.6 is 34.4 Å². The van der Waals surface area contributed by atoms with Crippen molar-refractivity contribution in [2.75, 3.05) is 12.4 Å². The van der Waals surface area contributed by atoms with Crippen LogP contribution in [0.25, 0.3) is 0 Å². The molecule has 0 saturated heterocycles. The Morgan fingerprint density at radius 3 is 1.69 bits per heavy atom. The molecule has 4 heteroatoms. The Bertz CT molecular complexity index is 1050. The number of thioether (sulfide) groups is 1. The predicted molar refractivity (Wildman–Crippen MR) is 141 cm³/mol. The first-order chi connectivity index (χ1) is 15.7.